The van der Waals surface area contributed by atoms with Crippen LogP contribution in [0.25, 0.3) is 10.9 Å². The number of allylic oxidation sites excluding steroid dienone is 1. The zero-order valence-electron chi connectivity index (χ0n) is 16.6. The molecule has 1 heterocycles. The zero-order valence-corrected chi connectivity index (χ0v) is 18.1. The van der Waals surface area contributed by atoms with Gasteiger partial charge in [-0.2, -0.15) is 13.2 Å². The maximum absolute atomic E-state index is 13.3. The van der Waals surface area contributed by atoms with Gasteiger partial charge in [0.1, 0.15) is 0 Å². The molecule has 0 aliphatic carbocycles. The fourth-order valence-electron chi connectivity index (χ4n) is 2.88. The molecule has 0 aliphatic rings. The van der Waals surface area contributed by atoms with E-state index < -0.39 is 39.5 Å². The van der Waals surface area contributed by atoms with Gasteiger partial charge in [-0.05, 0) is 24.3 Å². The van der Waals surface area contributed by atoms with Crippen LogP contribution in [0.2, 0.25) is 5.02 Å². The van der Waals surface area contributed by atoms with E-state index in [1.54, 1.807) is 0 Å². The number of amides is 1. The van der Waals surface area contributed by atoms with Crippen LogP contribution in [0.3, 0.4) is 0 Å². The van der Waals surface area contributed by atoms with Gasteiger partial charge in [0.25, 0.3) is 11.2 Å². The Morgan fingerprint density at radius 2 is 2.03 bits per heavy atom. The van der Waals surface area contributed by atoms with Crippen molar-refractivity contribution in [2.75, 3.05) is 11.1 Å². The van der Waals surface area contributed by atoms with E-state index in [2.05, 4.69) is 16.9 Å². The summed E-state index contributed by atoms with van der Waals surface area (Å²) in [6, 6.07) is 6.54. The Balaban J connectivity index is 1.87. The third-order valence-corrected chi connectivity index (χ3v) is 5.53. The highest BCUT2D eigenvalue weighted by Gasteiger charge is 2.35. The average Bonchev–Trinajstić information content (AvgIpc) is 2.73. The summed E-state index contributed by atoms with van der Waals surface area (Å²) in [5, 5.41) is 13.7. The predicted molar refractivity (Wildman–Crippen MR) is 119 cm³/mol. The summed E-state index contributed by atoms with van der Waals surface area (Å²) < 4.78 is 41.2. The van der Waals surface area contributed by atoms with Gasteiger partial charge in [-0.25, -0.2) is 4.98 Å². The van der Waals surface area contributed by atoms with E-state index >= 15 is 0 Å². The summed E-state index contributed by atoms with van der Waals surface area (Å²) in [6.45, 7) is 3.68. The number of carbonyl (C=O) groups is 1. The van der Waals surface area contributed by atoms with E-state index in [9.17, 15) is 32.9 Å². The van der Waals surface area contributed by atoms with Crippen LogP contribution in [0, 0.1) is 10.1 Å². The largest absolute Gasteiger partial charge is 0.418 e. The lowest BCUT2D eigenvalue weighted by molar-refractivity contribution is -0.385. The number of nitro groups is 1. The van der Waals surface area contributed by atoms with E-state index in [1.165, 1.54) is 28.8 Å². The molecule has 8 nitrogen and oxygen atoms in total. The molecule has 0 saturated heterocycles. The van der Waals surface area contributed by atoms with Gasteiger partial charge in [0.2, 0.25) is 5.91 Å². The lowest BCUT2D eigenvalue weighted by Gasteiger charge is -2.14. The number of aromatic nitrogens is 2. The fraction of sp³-hybridized carbons (Fsp3) is 0.150. The summed E-state index contributed by atoms with van der Waals surface area (Å²) in [7, 11) is 0. The Kier molecular flexibility index (Phi) is 7.08. The summed E-state index contributed by atoms with van der Waals surface area (Å²) in [4.78, 5) is 39.3. The number of nitrogens with one attached hydrogen (secondary N) is 1. The number of nitro benzene ring substituents is 1. The van der Waals surface area contributed by atoms with E-state index in [4.69, 9.17) is 11.6 Å². The van der Waals surface area contributed by atoms with Gasteiger partial charge in [0.05, 0.1) is 32.8 Å². The highest BCUT2D eigenvalue weighted by molar-refractivity contribution is 7.99. The second kappa shape index (κ2) is 9.63. The summed E-state index contributed by atoms with van der Waals surface area (Å²) in [6.07, 6.45) is -3.47. The molecule has 0 aliphatic heterocycles. The van der Waals surface area contributed by atoms with Crippen molar-refractivity contribution in [2.24, 2.45) is 0 Å². The molecule has 0 spiro atoms. The molecule has 1 aromatic heterocycles. The molecular weight excluding hydrogens is 485 g/mol. The molecule has 1 amide bonds. The van der Waals surface area contributed by atoms with Gasteiger partial charge in [-0.1, -0.05) is 29.4 Å². The number of hydrogen-bond acceptors (Lipinski definition) is 6. The smallest absolute Gasteiger partial charge is 0.325 e. The minimum atomic E-state index is -4.93. The quantitative estimate of drug-likeness (QED) is 0.163. The minimum Gasteiger partial charge on any atom is -0.325 e. The van der Waals surface area contributed by atoms with E-state index in [1.807, 2.05) is 0 Å². The van der Waals surface area contributed by atoms with Crippen LogP contribution < -0.4 is 10.9 Å². The summed E-state index contributed by atoms with van der Waals surface area (Å²) >= 11 is 6.78. The van der Waals surface area contributed by atoms with Crippen molar-refractivity contribution in [2.45, 2.75) is 17.9 Å². The Labute approximate surface area is 193 Å². The molecule has 1 N–H and O–H groups in total. The number of non-ortho nitro benzene ring substituents is 1. The minimum absolute atomic E-state index is 0.0922. The molecule has 0 atom stereocenters. The highest BCUT2D eigenvalue weighted by Crippen LogP contribution is 2.37. The third-order valence-electron chi connectivity index (χ3n) is 4.32. The maximum atomic E-state index is 13.3. The maximum Gasteiger partial charge on any atom is 0.418 e. The number of alkyl halides is 3. The van der Waals surface area contributed by atoms with Crippen molar-refractivity contribution in [3.8, 4) is 0 Å². The molecular formula is C20H14ClF3N4O4S. The van der Waals surface area contributed by atoms with Crippen LogP contribution >= 0.6 is 23.4 Å². The standard InChI is InChI=1S/C20H14ClF3N4O4S/c1-2-7-27-18(30)13-5-3-11(21)8-16(13)26-19(27)33-10-17(29)25-15-6-4-12(28(31)32)9-14(15)20(22,23)24/h2-6,8-9H,1,7,10H2,(H,25,29). The number of rotatable bonds is 7. The Bertz CT molecular complexity index is 1330. The van der Waals surface area contributed by atoms with E-state index in [-0.39, 0.29) is 17.5 Å². The van der Waals surface area contributed by atoms with Gasteiger partial charge >= 0.3 is 6.18 Å². The van der Waals surface area contributed by atoms with Crippen molar-refractivity contribution in [1.82, 2.24) is 9.55 Å². The number of thioether (sulfide) groups is 1. The molecule has 0 radical (unpaired) electrons. The number of anilines is 1. The Hall–Kier alpha value is -3.38. The second-order valence-electron chi connectivity index (χ2n) is 6.58. The third kappa shape index (κ3) is 5.52. The Morgan fingerprint density at radius 3 is 2.67 bits per heavy atom. The molecule has 0 fully saturated rings. The van der Waals surface area contributed by atoms with Crippen LogP contribution in [0.1, 0.15) is 5.56 Å². The number of hydrogen-bond donors (Lipinski definition) is 1. The number of benzene rings is 2. The van der Waals surface area contributed by atoms with Crippen LogP contribution in [-0.2, 0) is 17.5 Å². The van der Waals surface area contributed by atoms with Gasteiger partial charge in [0, 0.05) is 23.7 Å². The van der Waals surface area contributed by atoms with Crippen LogP contribution in [0.15, 0.2) is 59.0 Å². The lowest BCUT2D eigenvalue weighted by Crippen LogP contribution is -2.24. The van der Waals surface area contributed by atoms with Crippen molar-refractivity contribution < 1.29 is 22.9 Å². The first-order chi connectivity index (χ1) is 15.5. The van der Waals surface area contributed by atoms with Crippen LogP contribution in [0.4, 0.5) is 24.5 Å². The predicted octanol–water partition coefficient (Wildman–Crippen LogP) is 4.89. The number of fused-ring (bicyclic) bond motifs is 1. The molecule has 172 valence electrons. The SMILES string of the molecule is C=CCn1c(SCC(=O)Nc2ccc([N+](=O)[O-])cc2C(F)(F)F)nc2cc(Cl)ccc2c1=O. The van der Waals surface area contributed by atoms with Gasteiger partial charge < -0.3 is 5.32 Å². The molecule has 2 aromatic carbocycles. The molecule has 3 rings (SSSR count). The first-order valence-corrected chi connectivity index (χ1v) is 10.5. The Morgan fingerprint density at radius 1 is 1.30 bits per heavy atom. The van der Waals surface area contributed by atoms with Crippen molar-refractivity contribution in [3.05, 3.63) is 80.1 Å². The van der Waals surface area contributed by atoms with Crippen molar-refractivity contribution in [1.29, 1.82) is 0 Å². The average molecular weight is 499 g/mol. The first kappa shape index (κ1) is 24.3. The van der Waals surface area contributed by atoms with E-state index in [0.717, 1.165) is 23.9 Å². The number of halogens is 4. The molecule has 0 unspecified atom stereocenters. The van der Waals surface area contributed by atoms with Crippen molar-refractivity contribution >= 4 is 51.5 Å². The highest BCUT2D eigenvalue weighted by atomic mass is 35.5. The monoisotopic (exact) mass is 498 g/mol. The fourth-order valence-corrected chi connectivity index (χ4v) is 3.85. The topological polar surface area (TPSA) is 107 Å². The van der Waals surface area contributed by atoms with Crippen LogP contribution in [0.5, 0.6) is 0 Å². The number of carbonyl (C=O) groups excluding carboxylic acids is 1. The first-order valence-electron chi connectivity index (χ1n) is 9.10. The van der Waals surface area contributed by atoms with Crippen molar-refractivity contribution in [3.63, 3.8) is 0 Å². The molecule has 13 heteroatoms. The second-order valence-corrected chi connectivity index (χ2v) is 7.96. The van der Waals surface area contributed by atoms with Gasteiger partial charge in [0.15, 0.2) is 5.16 Å². The molecule has 3 aromatic rings. The zero-order chi connectivity index (χ0) is 24.3. The molecule has 0 bridgehead atoms. The lowest BCUT2D eigenvalue weighted by atomic mass is 10.1. The van der Waals surface area contributed by atoms with Crippen LogP contribution in [-0.4, -0.2) is 26.1 Å². The summed E-state index contributed by atoms with van der Waals surface area (Å²) in [5.74, 6) is -1.21. The molecule has 33 heavy (non-hydrogen) atoms. The summed E-state index contributed by atoms with van der Waals surface area (Å²) in [5.41, 5.74) is -2.83. The molecule has 0 saturated carbocycles. The van der Waals surface area contributed by atoms with E-state index in [0.29, 0.717) is 22.0 Å². The van der Waals surface area contributed by atoms with Gasteiger partial charge in [-0.15, -0.1) is 6.58 Å². The van der Waals surface area contributed by atoms with Gasteiger partial charge in [-0.3, -0.25) is 24.3 Å². The normalized spacial score (nSPS) is 11.4. The number of nitrogens with zero attached hydrogens (tertiary/aromatic N) is 3.